The Morgan fingerprint density at radius 3 is 2.62 bits per heavy atom. The molecule has 1 N–H and O–H groups in total. The maximum Gasteiger partial charge on any atom is 0.128 e. The first kappa shape index (κ1) is 16.8. The molecule has 0 spiro atoms. The van der Waals surface area contributed by atoms with Crippen LogP contribution >= 0.6 is 0 Å². The van der Waals surface area contributed by atoms with E-state index in [1.54, 1.807) is 6.20 Å². The van der Waals surface area contributed by atoms with Gasteiger partial charge in [0, 0.05) is 50.0 Å². The van der Waals surface area contributed by atoms with Gasteiger partial charge in [-0.05, 0) is 55.2 Å². The third kappa shape index (κ3) is 3.78. The van der Waals surface area contributed by atoms with Crippen LogP contribution in [0.4, 0.5) is 5.82 Å². The molecule has 5 heteroatoms. The van der Waals surface area contributed by atoms with E-state index in [-0.39, 0.29) is 6.04 Å². The molecule has 1 atom stereocenters. The molecule has 1 fully saturated rings. The highest BCUT2D eigenvalue weighted by Crippen LogP contribution is 2.20. The van der Waals surface area contributed by atoms with Crippen LogP contribution in [-0.2, 0) is 6.54 Å². The van der Waals surface area contributed by atoms with Crippen LogP contribution in [0.5, 0.6) is 0 Å². The Bertz CT molecular complexity index is 820. The van der Waals surface area contributed by atoms with Crippen molar-refractivity contribution < 1.29 is 0 Å². The summed E-state index contributed by atoms with van der Waals surface area (Å²) in [4.78, 5) is 11.0. The lowest BCUT2D eigenvalue weighted by molar-refractivity contribution is 0.574. The summed E-state index contributed by atoms with van der Waals surface area (Å²) < 4.78 is 2.01. The number of imidazole rings is 1. The minimum Gasteiger partial charge on any atom is -0.357 e. The van der Waals surface area contributed by atoms with Crippen molar-refractivity contribution in [1.82, 2.24) is 19.9 Å². The van der Waals surface area contributed by atoms with Gasteiger partial charge in [0.25, 0.3) is 0 Å². The van der Waals surface area contributed by atoms with E-state index in [4.69, 9.17) is 0 Å². The number of pyridine rings is 1. The summed E-state index contributed by atoms with van der Waals surface area (Å²) in [6, 6.07) is 13.2. The second-order valence-electron chi connectivity index (χ2n) is 6.88. The molecule has 0 unspecified atom stereocenters. The van der Waals surface area contributed by atoms with Gasteiger partial charge in [-0.2, -0.15) is 0 Å². The van der Waals surface area contributed by atoms with Crippen molar-refractivity contribution in [3.63, 3.8) is 0 Å². The van der Waals surface area contributed by atoms with Crippen LogP contribution in [0.15, 0.2) is 61.3 Å². The van der Waals surface area contributed by atoms with Crippen molar-refractivity contribution in [1.29, 1.82) is 0 Å². The Hall–Kier alpha value is -2.66. The first-order valence-electron chi connectivity index (χ1n) is 9.31. The van der Waals surface area contributed by atoms with Gasteiger partial charge in [0.05, 0.1) is 6.33 Å². The predicted molar refractivity (Wildman–Crippen MR) is 105 cm³/mol. The second-order valence-corrected chi connectivity index (χ2v) is 6.88. The van der Waals surface area contributed by atoms with Crippen LogP contribution in [0.3, 0.4) is 0 Å². The number of nitrogens with one attached hydrogen (secondary N) is 1. The Balaban J connectivity index is 1.37. The molecule has 4 rings (SSSR count). The fourth-order valence-electron chi connectivity index (χ4n) is 3.43. The lowest BCUT2D eigenvalue weighted by Crippen LogP contribution is -2.21. The minimum absolute atomic E-state index is 0.287. The van der Waals surface area contributed by atoms with Crippen molar-refractivity contribution in [3.05, 3.63) is 72.4 Å². The Labute approximate surface area is 154 Å². The zero-order chi connectivity index (χ0) is 17.8. The number of nitrogens with zero attached hydrogens (tertiary/aromatic N) is 4. The number of anilines is 1. The quantitative estimate of drug-likeness (QED) is 0.738. The van der Waals surface area contributed by atoms with Crippen LogP contribution in [0, 0.1) is 0 Å². The summed E-state index contributed by atoms with van der Waals surface area (Å²) in [6.07, 6.45) is 10.0. The Morgan fingerprint density at radius 1 is 1.08 bits per heavy atom. The molecule has 0 saturated carbocycles. The smallest absolute Gasteiger partial charge is 0.128 e. The number of aromatic nitrogens is 3. The van der Waals surface area contributed by atoms with Gasteiger partial charge in [-0.3, -0.25) is 0 Å². The largest absolute Gasteiger partial charge is 0.357 e. The van der Waals surface area contributed by atoms with Crippen molar-refractivity contribution >= 4 is 5.82 Å². The monoisotopic (exact) mass is 347 g/mol. The molecule has 3 heterocycles. The first-order valence-corrected chi connectivity index (χ1v) is 9.31. The predicted octanol–water partition coefficient (Wildman–Crippen LogP) is 3.72. The molecule has 2 aromatic heterocycles. The summed E-state index contributed by atoms with van der Waals surface area (Å²) in [6.45, 7) is 5.30. The van der Waals surface area contributed by atoms with Crippen molar-refractivity contribution in [2.75, 3.05) is 18.0 Å². The zero-order valence-electron chi connectivity index (χ0n) is 15.2. The van der Waals surface area contributed by atoms with E-state index in [2.05, 4.69) is 63.5 Å². The van der Waals surface area contributed by atoms with Crippen LogP contribution in [0.25, 0.3) is 5.69 Å². The SMILES string of the molecule is C[C@@H](NCc1ccnc(N2CCCC2)c1)c1ccc(-n2ccnc2)cc1. The summed E-state index contributed by atoms with van der Waals surface area (Å²) in [5.74, 6) is 1.11. The van der Waals surface area contributed by atoms with Crippen molar-refractivity contribution in [2.45, 2.75) is 32.4 Å². The zero-order valence-corrected chi connectivity index (χ0v) is 15.2. The van der Waals surface area contributed by atoms with Gasteiger partial charge in [0.15, 0.2) is 0 Å². The molecule has 3 aromatic rings. The van der Waals surface area contributed by atoms with Gasteiger partial charge in [-0.25, -0.2) is 9.97 Å². The average molecular weight is 347 g/mol. The highest BCUT2D eigenvalue weighted by atomic mass is 15.2. The molecular weight excluding hydrogens is 322 g/mol. The molecule has 0 amide bonds. The summed E-state index contributed by atoms with van der Waals surface area (Å²) in [5, 5.41) is 3.62. The van der Waals surface area contributed by atoms with E-state index in [1.807, 2.05) is 23.3 Å². The molecule has 134 valence electrons. The molecule has 1 aliphatic heterocycles. The van der Waals surface area contributed by atoms with Gasteiger partial charge in [-0.1, -0.05) is 12.1 Å². The lowest BCUT2D eigenvalue weighted by atomic mass is 10.1. The van der Waals surface area contributed by atoms with Crippen molar-refractivity contribution in [3.8, 4) is 5.69 Å². The van der Waals surface area contributed by atoms with Crippen molar-refractivity contribution in [2.24, 2.45) is 0 Å². The molecule has 0 bridgehead atoms. The molecule has 0 radical (unpaired) electrons. The molecule has 26 heavy (non-hydrogen) atoms. The van der Waals surface area contributed by atoms with E-state index < -0.39 is 0 Å². The second kappa shape index (κ2) is 7.70. The van der Waals surface area contributed by atoms with E-state index in [9.17, 15) is 0 Å². The molecule has 1 aromatic carbocycles. The maximum atomic E-state index is 4.53. The fourth-order valence-corrected chi connectivity index (χ4v) is 3.43. The Morgan fingerprint density at radius 2 is 1.88 bits per heavy atom. The fraction of sp³-hybridized carbons (Fsp3) is 0.333. The van der Waals surface area contributed by atoms with Gasteiger partial charge in [-0.15, -0.1) is 0 Å². The summed E-state index contributed by atoms with van der Waals surface area (Å²) >= 11 is 0. The summed E-state index contributed by atoms with van der Waals surface area (Å²) in [7, 11) is 0. The van der Waals surface area contributed by atoms with Gasteiger partial charge >= 0.3 is 0 Å². The number of benzene rings is 1. The highest BCUT2D eigenvalue weighted by Gasteiger charge is 2.13. The topological polar surface area (TPSA) is 46.0 Å². The third-order valence-electron chi connectivity index (χ3n) is 5.05. The Kier molecular flexibility index (Phi) is 4.97. The molecule has 5 nitrogen and oxygen atoms in total. The third-order valence-corrected chi connectivity index (χ3v) is 5.05. The highest BCUT2D eigenvalue weighted by molar-refractivity contribution is 5.42. The van der Waals surface area contributed by atoms with Crippen LogP contribution in [-0.4, -0.2) is 27.6 Å². The van der Waals surface area contributed by atoms with E-state index in [1.165, 1.54) is 24.0 Å². The van der Waals surface area contributed by atoms with E-state index >= 15 is 0 Å². The first-order chi connectivity index (χ1) is 12.8. The molecule has 1 saturated heterocycles. The standard InChI is InChI=1S/C21H25N5/c1-17(19-4-6-20(7-5-19)26-13-10-22-16-26)24-15-18-8-9-23-21(14-18)25-11-2-3-12-25/h4-10,13-14,16-17,24H,2-3,11-12,15H2,1H3/t17-/m1/s1. The normalized spacial score (nSPS) is 15.3. The van der Waals surface area contributed by atoms with Gasteiger partial charge < -0.3 is 14.8 Å². The number of hydrogen-bond acceptors (Lipinski definition) is 4. The van der Waals surface area contributed by atoms with E-state index in [0.29, 0.717) is 0 Å². The average Bonchev–Trinajstić information content (AvgIpc) is 3.40. The summed E-state index contributed by atoms with van der Waals surface area (Å²) in [5.41, 5.74) is 3.69. The number of hydrogen-bond donors (Lipinski definition) is 1. The van der Waals surface area contributed by atoms with Crippen LogP contribution in [0.1, 0.15) is 36.9 Å². The van der Waals surface area contributed by atoms with Gasteiger partial charge in [0.2, 0.25) is 0 Å². The van der Waals surface area contributed by atoms with Crippen LogP contribution in [0.2, 0.25) is 0 Å². The molecule has 1 aliphatic rings. The minimum atomic E-state index is 0.287. The van der Waals surface area contributed by atoms with Crippen LogP contribution < -0.4 is 10.2 Å². The van der Waals surface area contributed by atoms with Gasteiger partial charge in [0.1, 0.15) is 5.82 Å². The maximum absolute atomic E-state index is 4.53. The molecule has 0 aliphatic carbocycles. The molecular formula is C21H25N5. The number of rotatable bonds is 6. The lowest BCUT2D eigenvalue weighted by Gasteiger charge is -2.18. The van der Waals surface area contributed by atoms with E-state index in [0.717, 1.165) is 31.1 Å².